The van der Waals surface area contributed by atoms with Crippen LogP contribution in [0.4, 0.5) is 4.79 Å². The van der Waals surface area contributed by atoms with Crippen molar-refractivity contribution in [1.82, 2.24) is 10.6 Å². The highest BCUT2D eigenvalue weighted by molar-refractivity contribution is 5.74. The Morgan fingerprint density at radius 1 is 1.50 bits per heavy atom. The molecular weight excluding hydrogens is 260 g/mol. The first-order valence-electron chi connectivity index (χ1n) is 6.79. The first kappa shape index (κ1) is 16.5. The maximum atomic E-state index is 11.8. The van der Waals surface area contributed by atoms with Crippen LogP contribution in [0.15, 0.2) is 22.8 Å². The highest BCUT2D eigenvalue weighted by atomic mass is 16.5. The summed E-state index contributed by atoms with van der Waals surface area (Å²) in [5, 5.41) is 15.1. The Balaban J connectivity index is 2.35. The van der Waals surface area contributed by atoms with Crippen LogP contribution in [0.3, 0.4) is 0 Å². The Morgan fingerprint density at radius 2 is 2.25 bits per heavy atom. The van der Waals surface area contributed by atoms with E-state index in [0.717, 1.165) is 0 Å². The number of amides is 2. The average Bonchev–Trinajstić information content (AvgIpc) is 2.91. The molecule has 0 aromatic carbocycles. The maximum Gasteiger partial charge on any atom is 0.315 e. The van der Waals surface area contributed by atoms with E-state index in [9.17, 15) is 9.90 Å². The third kappa shape index (κ3) is 5.63. The molecule has 114 valence electrons. The summed E-state index contributed by atoms with van der Waals surface area (Å²) in [6, 6.07) is 2.91. The van der Waals surface area contributed by atoms with Gasteiger partial charge >= 0.3 is 6.03 Å². The van der Waals surface area contributed by atoms with Crippen LogP contribution >= 0.6 is 0 Å². The van der Waals surface area contributed by atoms with Crippen molar-refractivity contribution < 1.29 is 19.1 Å². The van der Waals surface area contributed by atoms with E-state index in [1.54, 1.807) is 25.5 Å². The summed E-state index contributed by atoms with van der Waals surface area (Å²) >= 11 is 0. The molecular formula is C14H24N2O4. The molecule has 2 unspecified atom stereocenters. The molecule has 0 saturated carbocycles. The molecule has 0 fully saturated rings. The van der Waals surface area contributed by atoms with Gasteiger partial charge in [0.15, 0.2) is 0 Å². The zero-order valence-electron chi connectivity index (χ0n) is 12.3. The number of rotatable bonds is 8. The predicted molar refractivity (Wildman–Crippen MR) is 75.3 cm³/mol. The standard InChI is InChI=1S/C14H24N2O4/c1-10(2)12(17)6-7-15-14(18)16-11(9-19-3)13-5-4-8-20-13/h4-5,8,10-12,17H,6-7,9H2,1-3H3,(H2,15,16,18). The molecule has 0 aliphatic heterocycles. The van der Waals surface area contributed by atoms with Crippen molar-refractivity contribution in [3.05, 3.63) is 24.2 Å². The molecule has 6 heteroatoms. The summed E-state index contributed by atoms with van der Waals surface area (Å²) in [6.45, 7) is 4.63. The Morgan fingerprint density at radius 3 is 2.80 bits per heavy atom. The van der Waals surface area contributed by atoms with Crippen molar-refractivity contribution in [3.63, 3.8) is 0 Å². The van der Waals surface area contributed by atoms with Gasteiger partial charge in [0.05, 0.1) is 19.0 Å². The lowest BCUT2D eigenvalue weighted by atomic mass is 10.0. The highest BCUT2D eigenvalue weighted by Gasteiger charge is 2.17. The van der Waals surface area contributed by atoms with Crippen LogP contribution in [0.1, 0.15) is 32.1 Å². The van der Waals surface area contributed by atoms with Crippen LogP contribution in [0, 0.1) is 5.92 Å². The number of ether oxygens (including phenoxy) is 1. The van der Waals surface area contributed by atoms with Gasteiger partial charge in [0.2, 0.25) is 0 Å². The molecule has 2 atom stereocenters. The molecule has 0 aliphatic carbocycles. The topological polar surface area (TPSA) is 83.7 Å². The zero-order chi connectivity index (χ0) is 15.0. The minimum absolute atomic E-state index is 0.184. The molecule has 0 bridgehead atoms. The smallest absolute Gasteiger partial charge is 0.315 e. The van der Waals surface area contributed by atoms with Crippen LogP contribution in [0.25, 0.3) is 0 Å². The van der Waals surface area contributed by atoms with E-state index in [0.29, 0.717) is 25.3 Å². The minimum atomic E-state index is -0.407. The number of hydrogen-bond donors (Lipinski definition) is 3. The van der Waals surface area contributed by atoms with Gasteiger partial charge in [-0.15, -0.1) is 0 Å². The average molecular weight is 284 g/mol. The molecule has 0 saturated heterocycles. The first-order chi connectivity index (χ1) is 9.54. The molecule has 3 N–H and O–H groups in total. The Hall–Kier alpha value is -1.53. The monoisotopic (exact) mass is 284 g/mol. The molecule has 6 nitrogen and oxygen atoms in total. The van der Waals surface area contributed by atoms with Crippen molar-refractivity contribution in [2.75, 3.05) is 20.3 Å². The number of aliphatic hydroxyl groups is 1. The van der Waals surface area contributed by atoms with Crippen LogP contribution in [-0.2, 0) is 4.74 Å². The second-order valence-electron chi connectivity index (χ2n) is 5.02. The number of furan rings is 1. The highest BCUT2D eigenvalue weighted by Crippen LogP contribution is 2.13. The second-order valence-corrected chi connectivity index (χ2v) is 5.02. The molecule has 0 radical (unpaired) electrons. The fraction of sp³-hybridized carbons (Fsp3) is 0.643. The lowest BCUT2D eigenvalue weighted by Crippen LogP contribution is -2.40. The third-order valence-corrected chi connectivity index (χ3v) is 3.02. The molecule has 1 rings (SSSR count). The minimum Gasteiger partial charge on any atom is -0.467 e. The first-order valence-corrected chi connectivity index (χ1v) is 6.79. The van der Waals surface area contributed by atoms with Crippen molar-refractivity contribution in [3.8, 4) is 0 Å². The molecule has 1 heterocycles. The number of hydrogen-bond acceptors (Lipinski definition) is 4. The fourth-order valence-electron chi connectivity index (χ4n) is 1.73. The maximum absolute atomic E-state index is 11.8. The van der Waals surface area contributed by atoms with Crippen LogP contribution in [0.5, 0.6) is 0 Å². The van der Waals surface area contributed by atoms with Crippen LogP contribution in [-0.4, -0.2) is 37.5 Å². The van der Waals surface area contributed by atoms with Gasteiger partial charge in [-0.3, -0.25) is 0 Å². The van der Waals surface area contributed by atoms with Gasteiger partial charge in [0, 0.05) is 13.7 Å². The number of aliphatic hydroxyl groups excluding tert-OH is 1. The third-order valence-electron chi connectivity index (χ3n) is 3.02. The molecule has 1 aromatic rings. The summed E-state index contributed by atoms with van der Waals surface area (Å²) in [5.41, 5.74) is 0. The van der Waals surface area contributed by atoms with Crippen molar-refractivity contribution in [2.24, 2.45) is 5.92 Å². The number of methoxy groups -OCH3 is 1. The number of nitrogens with one attached hydrogen (secondary N) is 2. The summed E-state index contributed by atoms with van der Waals surface area (Å²) in [7, 11) is 1.56. The van der Waals surface area contributed by atoms with Crippen molar-refractivity contribution >= 4 is 6.03 Å². The number of urea groups is 1. The Bertz CT molecular complexity index is 379. The van der Waals surface area contributed by atoms with E-state index in [1.807, 2.05) is 13.8 Å². The van der Waals surface area contributed by atoms with Crippen LogP contribution in [0.2, 0.25) is 0 Å². The number of carbonyl (C=O) groups excluding carboxylic acids is 1. The van der Waals surface area contributed by atoms with Gasteiger partial charge < -0.3 is 24.9 Å². The van der Waals surface area contributed by atoms with Crippen molar-refractivity contribution in [2.45, 2.75) is 32.4 Å². The van der Waals surface area contributed by atoms with E-state index in [1.165, 1.54) is 0 Å². The molecule has 0 aliphatic rings. The molecule has 20 heavy (non-hydrogen) atoms. The van der Waals surface area contributed by atoms with E-state index in [4.69, 9.17) is 9.15 Å². The molecule has 2 amide bonds. The Labute approximate surface area is 119 Å². The second kappa shape index (κ2) is 8.60. The normalized spacial score (nSPS) is 14.1. The molecule has 0 spiro atoms. The predicted octanol–water partition coefficient (Wildman–Crippen LogP) is 1.67. The van der Waals surface area contributed by atoms with Gasteiger partial charge in [-0.05, 0) is 24.5 Å². The van der Waals surface area contributed by atoms with Gasteiger partial charge in [-0.2, -0.15) is 0 Å². The zero-order valence-corrected chi connectivity index (χ0v) is 12.3. The van der Waals surface area contributed by atoms with Gasteiger partial charge in [0.25, 0.3) is 0 Å². The van der Waals surface area contributed by atoms with Crippen LogP contribution < -0.4 is 10.6 Å². The van der Waals surface area contributed by atoms with E-state index in [-0.39, 0.29) is 18.0 Å². The molecule has 1 aromatic heterocycles. The van der Waals surface area contributed by atoms with Gasteiger partial charge in [-0.1, -0.05) is 13.8 Å². The van der Waals surface area contributed by atoms with Gasteiger partial charge in [-0.25, -0.2) is 4.79 Å². The van der Waals surface area contributed by atoms with E-state index < -0.39 is 6.10 Å². The van der Waals surface area contributed by atoms with Gasteiger partial charge in [0.1, 0.15) is 11.8 Å². The summed E-state index contributed by atoms with van der Waals surface area (Å²) in [6.07, 6.45) is 1.67. The van der Waals surface area contributed by atoms with E-state index >= 15 is 0 Å². The fourth-order valence-corrected chi connectivity index (χ4v) is 1.73. The summed E-state index contributed by atoms with van der Waals surface area (Å²) < 4.78 is 10.3. The quantitative estimate of drug-likeness (QED) is 0.678. The SMILES string of the molecule is COCC(NC(=O)NCCC(O)C(C)C)c1ccco1. The lowest BCUT2D eigenvalue weighted by Gasteiger charge is -2.18. The Kier molecular flexibility index (Phi) is 7.11. The van der Waals surface area contributed by atoms with Crippen molar-refractivity contribution in [1.29, 1.82) is 0 Å². The van der Waals surface area contributed by atoms with E-state index in [2.05, 4.69) is 10.6 Å². The largest absolute Gasteiger partial charge is 0.467 e. The summed E-state index contributed by atoms with van der Waals surface area (Å²) in [4.78, 5) is 11.8. The number of carbonyl (C=O) groups is 1. The summed E-state index contributed by atoms with van der Waals surface area (Å²) in [5.74, 6) is 0.827. The lowest BCUT2D eigenvalue weighted by molar-refractivity contribution is 0.116.